The number of carbonyl (C=O) groups excluding carboxylic acids is 3. The number of benzene rings is 1. The van der Waals surface area contributed by atoms with Crippen LogP contribution in [-0.4, -0.2) is 69.9 Å². The summed E-state index contributed by atoms with van der Waals surface area (Å²) < 4.78 is 0. The van der Waals surface area contributed by atoms with Crippen molar-refractivity contribution in [2.24, 2.45) is 0 Å². The topological polar surface area (TPSA) is 139 Å². The number of hydroxylamine groups is 1. The van der Waals surface area contributed by atoms with Gasteiger partial charge in [-0.25, -0.2) is 5.48 Å². The van der Waals surface area contributed by atoms with Gasteiger partial charge in [0.05, 0.1) is 19.7 Å². The molecule has 0 bridgehead atoms. The highest BCUT2D eigenvalue weighted by Gasteiger charge is 2.51. The van der Waals surface area contributed by atoms with Crippen LogP contribution in [0.3, 0.4) is 0 Å². The minimum absolute atomic E-state index is 0.0317. The number of hydrogen-bond acceptors (Lipinski definition) is 6. The van der Waals surface area contributed by atoms with E-state index in [4.69, 9.17) is 10.3 Å². The molecule has 1 aromatic rings. The molecule has 9 nitrogen and oxygen atoms in total. The van der Waals surface area contributed by atoms with Crippen LogP contribution in [0.1, 0.15) is 22.3 Å². The number of likely N-dealkylation sites (tertiary alicyclic amines) is 1. The van der Waals surface area contributed by atoms with E-state index < -0.39 is 23.5 Å². The van der Waals surface area contributed by atoms with Crippen LogP contribution in [0, 0.1) is 23.7 Å². The number of nitrogens with zero attached hydrogens (tertiary/aromatic N) is 1. The Morgan fingerprint density at radius 1 is 1.25 bits per heavy atom. The van der Waals surface area contributed by atoms with E-state index in [2.05, 4.69) is 29.0 Å². The van der Waals surface area contributed by atoms with Crippen molar-refractivity contribution in [3.05, 3.63) is 35.4 Å². The normalized spacial score (nSPS) is 14.9. The number of rotatable bonds is 6. The molecule has 2 rings (SSSR count). The minimum Gasteiger partial charge on any atom is -0.395 e. The molecule has 1 aliphatic heterocycles. The van der Waals surface area contributed by atoms with Crippen molar-refractivity contribution in [2.45, 2.75) is 18.1 Å². The van der Waals surface area contributed by atoms with Crippen LogP contribution in [0.4, 0.5) is 0 Å². The van der Waals surface area contributed by atoms with E-state index in [1.54, 1.807) is 12.1 Å². The second-order valence-electron chi connectivity index (χ2n) is 6.10. The van der Waals surface area contributed by atoms with Gasteiger partial charge in [-0.1, -0.05) is 11.8 Å². The van der Waals surface area contributed by atoms with Crippen LogP contribution < -0.4 is 10.8 Å². The number of β-amino-alcohol motifs (C(OH)–C–C–N with tert-alkyl or cyclic N) is 1. The maximum atomic E-state index is 12.4. The number of carbonyl (C=O) groups is 3. The Balaban J connectivity index is 2.06. The molecule has 0 aromatic heterocycles. The Hall–Kier alpha value is -3.37. The maximum absolute atomic E-state index is 12.4. The second kappa shape index (κ2) is 9.53. The van der Waals surface area contributed by atoms with Crippen LogP contribution in [0.2, 0.25) is 0 Å². The highest BCUT2D eigenvalue weighted by atomic mass is 16.5. The molecule has 5 N–H and O–H groups in total. The summed E-state index contributed by atoms with van der Waals surface area (Å²) in [7, 11) is 0. The monoisotopic (exact) mass is 385 g/mol. The summed E-state index contributed by atoms with van der Waals surface area (Å²) in [5, 5.41) is 30.3. The van der Waals surface area contributed by atoms with Crippen LogP contribution in [-0.2, 0) is 9.59 Å². The van der Waals surface area contributed by atoms with Gasteiger partial charge in [-0.15, -0.1) is 0 Å². The first-order valence-electron chi connectivity index (χ1n) is 8.30. The van der Waals surface area contributed by atoms with E-state index in [-0.39, 0.29) is 25.3 Å². The number of aliphatic hydroxyl groups excluding tert-OH is 1. The summed E-state index contributed by atoms with van der Waals surface area (Å²) in [6, 6.07) is 4.70. The van der Waals surface area contributed by atoms with Gasteiger partial charge in [-0.05, 0) is 36.1 Å². The molecule has 1 saturated heterocycles. The molecule has 1 atom stereocenters. The summed E-state index contributed by atoms with van der Waals surface area (Å²) in [4.78, 5) is 36.2. The van der Waals surface area contributed by atoms with Crippen molar-refractivity contribution >= 4 is 18.2 Å². The lowest BCUT2D eigenvalue weighted by atomic mass is 9.85. The molecule has 1 unspecified atom stereocenters. The van der Waals surface area contributed by atoms with Crippen molar-refractivity contribution in [1.82, 2.24) is 15.7 Å². The van der Waals surface area contributed by atoms with E-state index in [9.17, 15) is 19.5 Å². The van der Waals surface area contributed by atoms with Crippen molar-refractivity contribution in [1.29, 1.82) is 0 Å². The van der Waals surface area contributed by atoms with Gasteiger partial charge < -0.3 is 20.4 Å². The Kier molecular flexibility index (Phi) is 7.13. The predicted octanol–water partition coefficient (Wildman–Crippen LogP) is -1.77. The van der Waals surface area contributed by atoms with Gasteiger partial charge in [0.15, 0.2) is 0 Å². The summed E-state index contributed by atoms with van der Waals surface area (Å²) in [6.45, 7) is -0.336. The van der Waals surface area contributed by atoms with Crippen LogP contribution in [0.15, 0.2) is 24.3 Å². The third kappa shape index (κ3) is 5.09. The number of amides is 3. The van der Waals surface area contributed by atoms with Gasteiger partial charge in [0.2, 0.25) is 6.41 Å². The van der Waals surface area contributed by atoms with Crippen LogP contribution in [0.25, 0.3) is 0 Å². The van der Waals surface area contributed by atoms with Crippen LogP contribution >= 0.6 is 0 Å². The van der Waals surface area contributed by atoms with E-state index in [1.807, 2.05) is 0 Å². The first kappa shape index (κ1) is 20.9. The molecule has 0 saturated carbocycles. The second-order valence-corrected chi connectivity index (χ2v) is 6.10. The number of aliphatic hydroxyl groups is 2. The minimum atomic E-state index is -1.68. The Morgan fingerprint density at radius 3 is 2.50 bits per heavy atom. The van der Waals surface area contributed by atoms with E-state index >= 15 is 0 Å². The lowest BCUT2D eigenvalue weighted by Crippen LogP contribution is -2.73. The fourth-order valence-corrected chi connectivity index (χ4v) is 2.61. The fourth-order valence-electron chi connectivity index (χ4n) is 2.61. The van der Waals surface area contributed by atoms with Crippen molar-refractivity contribution in [3.8, 4) is 23.7 Å². The highest BCUT2D eigenvalue weighted by Crippen LogP contribution is 2.24. The van der Waals surface area contributed by atoms with Gasteiger partial charge in [0, 0.05) is 17.5 Å². The smallest absolute Gasteiger partial charge is 0.269 e. The molecular formula is C19H19N3O6. The van der Waals surface area contributed by atoms with Crippen molar-refractivity contribution in [3.63, 3.8) is 0 Å². The van der Waals surface area contributed by atoms with Gasteiger partial charge >= 0.3 is 0 Å². The molecule has 1 heterocycles. The molecule has 0 radical (unpaired) electrons. The van der Waals surface area contributed by atoms with Gasteiger partial charge in [-0.2, -0.15) is 0 Å². The number of hydrogen-bond donors (Lipinski definition) is 5. The predicted molar refractivity (Wildman–Crippen MR) is 96.6 cm³/mol. The van der Waals surface area contributed by atoms with Gasteiger partial charge in [-0.3, -0.25) is 19.6 Å². The summed E-state index contributed by atoms with van der Waals surface area (Å²) in [5.41, 5.74) is 0.551. The molecular weight excluding hydrogens is 366 g/mol. The third-order valence-corrected chi connectivity index (χ3v) is 4.03. The summed E-state index contributed by atoms with van der Waals surface area (Å²) in [5.74, 6) is 8.99. The molecule has 1 fully saturated rings. The first-order valence-corrected chi connectivity index (χ1v) is 8.30. The Morgan fingerprint density at radius 2 is 1.93 bits per heavy atom. The van der Waals surface area contributed by atoms with Crippen molar-refractivity contribution in [2.75, 3.05) is 19.7 Å². The van der Waals surface area contributed by atoms with Gasteiger partial charge in [0.25, 0.3) is 11.8 Å². The Labute approximate surface area is 161 Å². The Bertz CT molecular complexity index is 854. The SMILES string of the molecule is O=CN1CC(O)(C(NC(=O)c2ccc(C#CC#CCCO)cc2)C(=O)NO)C1. The van der Waals surface area contributed by atoms with Gasteiger partial charge in [0.1, 0.15) is 11.6 Å². The van der Waals surface area contributed by atoms with Crippen molar-refractivity contribution < 1.29 is 29.8 Å². The fraction of sp³-hybridized carbons (Fsp3) is 0.316. The molecule has 9 heteroatoms. The molecule has 0 spiro atoms. The average molecular weight is 385 g/mol. The lowest BCUT2D eigenvalue weighted by Gasteiger charge is -2.47. The quantitative estimate of drug-likeness (QED) is 0.170. The zero-order valence-electron chi connectivity index (χ0n) is 14.8. The van der Waals surface area contributed by atoms with E-state index in [0.717, 1.165) is 0 Å². The van der Waals surface area contributed by atoms with Crippen LogP contribution in [0.5, 0.6) is 0 Å². The summed E-state index contributed by atoms with van der Waals surface area (Å²) >= 11 is 0. The molecule has 1 aromatic carbocycles. The third-order valence-electron chi connectivity index (χ3n) is 4.03. The number of nitrogens with one attached hydrogen (secondary N) is 2. The first-order chi connectivity index (χ1) is 13.4. The average Bonchev–Trinajstić information content (AvgIpc) is 2.69. The summed E-state index contributed by atoms with van der Waals surface area (Å²) in [6.07, 6.45) is 0.853. The zero-order valence-corrected chi connectivity index (χ0v) is 14.8. The maximum Gasteiger partial charge on any atom is 0.269 e. The molecule has 3 amide bonds. The van der Waals surface area contributed by atoms with E-state index in [0.29, 0.717) is 18.4 Å². The molecule has 1 aliphatic rings. The largest absolute Gasteiger partial charge is 0.395 e. The molecule has 146 valence electrons. The lowest BCUT2D eigenvalue weighted by molar-refractivity contribution is -0.160. The molecule has 0 aliphatic carbocycles. The van der Waals surface area contributed by atoms with E-state index in [1.165, 1.54) is 22.5 Å². The highest BCUT2D eigenvalue weighted by molar-refractivity contribution is 5.98. The zero-order chi connectivity index (χ0) is 20.6. The molecule has 28 heavy (non-hydrogen) atoms. The standard InChI is InChI=1S/C19H19N3O6/c23-10-4-2-1-3-5-14-6-8-15(9-7-14)17(25)20-16(18(26)21-28)19(27)11-22(12-19)13-24/h6-9,13,16,23,27-28H,4,10-12H2,(H,20,25)(H,21,26).